The third-order valence-electron chi connectivity index (χ3n) is 5.36. The van der Waals surface area contributed by atoms with Crippen molar-refractivity contribution in [1.29, 1.82) is 0 Å². The van der Waals surface area contributed by atoms with Crippen molar-refractivity contribution in [3.63, 3.8) is 0 Å². The minimum Gasteiger partial charge on any atom is -0.456 e. The maximum atomic E-state index is 14.6. The van der Waals surface area contributed by atoms with Gasteiger partial charge < -0.3 is 21.1 Å². The Morgan fingerprint density at radius 3 is 2.38 bits per heavy atom. The highest BCUT2D eigenvalue weighted by Crippen LogP contribution is 2.35. The van der Waals surface area contributed by atoms with E-state index in [-0.39, 0.29) is 40.0 Å². The first-order valence-electron chi connectivity index (χ1n) is 12.0. The van der Waals surface area contributed by atoms with Crippen LogP contribution >= 0.6 is 11.9 Å². The topological polar surface area (TPSA) is 124 Å². The summed E-state index contributed by atoms with van der Waals surface area (Å²) in [6.07, 6.45) is 3.59. The van der Waals surface area contributed by atoms with E-state index in [1.807, 2.05) is 20.1 Å². The van der Waals surface area contributed by atoms with Crippen LogP contribution in [0.5, 0.6) is 11.5 Å². The average molecular weight is 530 g/mol. The Kier molecular flexibility index (Phi) is 11.0. The van der Waals surface area contributed by atoms with E-state index < -0.39 is 11.7 Å². The number of hydrogen-bond donors (Lipinski definition) is 4. The fraction of sp³-hybridized carbons (Fsp3) is 0.333. The minimum absolute atomic E-state index is 0.0734. The Hall–Kier alpha value is -3.50. The molecule has 1 saturated carbocycles. The number of anilines is 3. The van der Waals surface area contributed by atoms with Crippen LogP contribution in [0, 0.1) is 19.7 Å². The van der Waals surface area contributed by atoms with Gasteiger partial charge in [-0.05, 0) is 62.8 Å². The number of rotatable bonds is 6. The number of amides is 1. The first-order valence-corrected chi connectivity index (χ1v) is 13.3. The second-order valence-corrected chi connectivity index (χ2v) is 8.78. The fourth-order valence-corrected chi connectivity index (χ4v) is 3.43. The summed E-state index contributed by atoms with van der Waals surface area (Å²) >= 11 is 1.25. The monoisotopic (exact) mass is 529 g/mol. The summed E-state index contributed by atoms with van der Waals surface area (Å²) in [6, 6.07) is 11.5. The van der Waals surface area contributed by atoms with Gasteiger partial charge in [-0.2, -0.15) is 0 Å². The second-order valence-electron chi connectivity index (χ2n) is 8.31. The van der Waals surface area contributed by atoms with Gasteiger partial charge in [0.2, 0.25) is 0 Å². The molecule has 1 fully saturated rings. The number of halogens is 1. The van der Waals surface area contributed by atoms with Crippen molar-refractivity contribution >= 4 is 35.0 Å². The minimum atomic E-state index is -0.495. The molecule has 0 saturated heterocycles. The van der Waals surface area contributed by atoms with Gasteiger partial charge in [0.25, 0.3) is 11.5 Å². The molecule has 1 aliphatic rings. The summed E-state index contributed by atoms with van der Waals surface area (Å²) in [5, 5.41) is 10.6. The van der Waals surface area contributed by atoms with Crippen molar-refractivity contribution in [2.75, 3.05) is 17.3 Å². The number of ether oxygens (including phenoxy) is 1. The first kappa shape index (κ1) is 29.7. The second kappa shape index (κ2) is 13.7. The Morgan fingerprint density at radius 1 is 1.16 bits per heavy atom. The van der Waals surface area contributed by atoms with Gasteiger partial charge in [0.1, 0.15) is 22.9 Å². The molecule has 0 aliphatic heterocycles. The number of aryl methyl sites for hydroxylation is 1. The molecule has 8 nitrogen and oxygen atoms in total. The van der Waals surface area contributed by atoms with Gasteiger partial charge in [-0.1, -0.05) is 37.9 Å². The lowest BCUT2D eigenvalue weighted by Crippen LogP contribution is -2.31. The van der Waals surface area contributed by atoms with E-state index in [0.717, 1.165) is 18.4 Å². The molecule has 1 heterocycles. The van der Waals surface area contributed by atoms with Crippen LogP contribution in [0.1, 0.15) is 48.2 Å². The lowest BCUT2D eigenvalue weighted by Gasteiger charge is -2.21. The zero-order valence-electron chi connectivity index (χ0n) is 22.1. The molecule has 200 valence electrons. The summed E-state index contributed by atoms with van der Waals surface area (Å²) < 4.78 is 21.9. The number of nitrogens with one attached hydrogen (secondary N) is 2. The molecular formula is C27H36FN5O3S. The number of benzene rings is 2. The largest absolute Gasteiger partial charge is 0.456 e. The number of nitrogen functional groups attached to an aromatic ring is 1. The molecule has 2 aromatic carbocycles. The third kappa shape index (κ3) is 7.74. The molecule has 1 aliphatic carbocycles. The van der Waals surface area contributed by atoms with Crippen LogP contribution in [0.15, 0.2) is 47.3 Å². The zero-order valence-corrected chi connectivity index (χ0v) is 23.0. The quantitative estimate of drug-likeness (QED) is 0.249. The van der Waals surface area contributed by atoms with Crippen LogP contribution in [0.3, 0.4) is 0 Å². The van der Waals surface area contributed by atoms with Gasteiger partial charge >= 0.3 is 0 Å². The summed E-state index contributed by atoms with van der Waals surface area (Å²) in [6.45, 7) is 7.37. The Labute approximate surface area is 221 Å². The number of carbonyl (C=O) groups excluding carboxylic acids is 1. The van der Waals surface area contributed by atoms with Crippen LogP contribution in [-0.2, 0) is 7.05 Å². The third-order valence-corrected chi connectivity index (χ3v) is 5.36. The SMILES string of the molecule is CC.CSN.Cc1ccc(Nc2c(C(=O)NC3CC3)c(Oc3cccc(N)c3)c(C)c(=O)n2C)c(F)c1. The molecule has 6 N–H and O–H groups in total. The van der Waals surface area contributed by atoms with E-state index in [4.69, 9.17) is 15.6 Å². The van der Waals surface area contributed by atoms with Gasteiger partial charge in [-0.25, -0.2) is 4.39 Å². The van der Waals surface area contributed by atoms with Gasteiger partial charge in [0.15, 0.2) is 5.75 Å². The van der Waals surface area contributed by atoms with Gasteiger partial charge in [-0.15, -0.1) is 0 Å². The predicted octanol–water partition coefficient (Wildman–Crippen LogP) is 5.40. The average Bonchev–Trinajstić information content (AvgIpc) is 3.68. The first-order chi connectivity index (χ1) is 17.7. The van der Waals surface area contributed by atoms with Gasteiger partial charge in [0.05, 0.1) is 11.3 Å². The van der Waals surface area contributed by atoms with Crippen molar-refractivity contribution in [3.05, 3.63) is 75.3 Å². The van der Waals surface area contributed by atoms with Crippen molar-refractivity contribution in [1.82, 2.24) is 9.88 Å². The Morgan fingerprint density at radius 2 is 1.81 bits per heavy atom. The van der Waals surface area contributed by atoms with Crippen molar-refractivity contribution < 1.29 is 13.9 Å². The number of hydrogen-bond acceptors (Lipinski definition) is 7. The maximum absolute atomic E-state index is 14.6. The molecule has 1 aromatic heterocycles. The number of nitrogens with zero attached hydrogens (tertiary/aromatic N) is 1. The smallest absolute Gasteiger partial charge is 0.259 e. The van der Waals surface area contributed by atoms with E-state index in [1.165, 1.54) is 29.6 Å². The molecule has 4 rings (SSSR count). The summed E-state index contributed by atoms with van der Waals surface area (Å²) in [4.78, 5) is 26.3. The van der Waals surface area contributed by atoms with E-state index in [1.54, 1.807) is 50.2 Å². The molecule has 37 heavy (non-hydrogen) atoms. The molecule has 0 unspecified atom stereocenters. The van der Waals surface area contributed by atoms with Crippen molar-refractivity contribution in [3.8, 4) is 11.5 Å². The van der Waals surface area contributed by atoms with Gasteiger partial charge in [-0.3, -0.25) is 19.3 Å². The normalized spacial score (nSPS) is 11.9. The Bertz CT molecular complexity index is 1290. The molecule has 1 amide bonds. The van der Waals surface area contributed by atoms with Crippen LogP contribution in [0.25, 0.3) is 0 Å². The maximum Gasteiger partial charge on any atom is 0.259 e. The zero-order chi connectivity index (χ0) is 27.7. The number of carbonyl (C=O) groups is 1. The lowest BCUT2D eigenvalue weighted by molar-refractivity contribution is 0.0948. The van der Waals surface area contributed by atoms with Crippen LogP contribution in [0.2, 0.25) is 0 Å². The molecule has 0 spiro atoms. The fourth-order valence-electron chi connectivity index (χ4n) is 3.43. The summed E-state index contributed by atoms with van der Waals surface area (Å²) in [7, 11) is 1.53. The molecule has 3 aromatic rings. The Balaban J connectivity index is 0.000000898. The van der Waals surface area contributed by atoms with Gasteiger partial charge in [0, 0.05) is 24.8 Å². The predicted molar refractivity (Wildman–Crippen MR) is 151 cm³/mol. The highest BCUT2D eigenvalue weighted by atomic mass is 32.2. The lowest BCUT2D eigenvalue weighted by atomic mass is 10.1. The van der Waals surface area contributed by atoms with Crippen LogP contribution < -0.4 is 31.8 Å². The highest BCUT2D eigenvalue weighted by molar-refractivity contribution is 7.96. The summed E-state index contributed by atoms with van der Waals surface area (Å²) in [5.74, 6) is -0.272. The van der Waals surface area contributed by atoms with Crippen molar-refractivity contribution in [2.45, 2.75) is 46.6 Å². The number of pyridine rings is 1. The van der Waals surface area contributed by atoms with E-state index >= 15 is 0 Å². The van der Waals surface area contributed by atoms with E-state index in [0.29, 0.717) is 11.4 Å². The number of nitrogens with two attached hydrogens (primary N) is 2. The standard InChI is InChI=1S/C24H25FN4O3.C2H6.CH5NS/c1-13-7-10-19(18(25)11-13)28-22-20(23(30)27-16-8-9-16)21(14(2)24(31)29(22)3)32-17-6-4-5-15(26)12-17;1-2;1-3-2/h4-7,10-12,16,28H,8-9,26H2,1-3H3,(H,27,30);1-2H3;2H2,1H3. The number of aromatic nitrogens is 1. The molecular weight excluding hydrogens is 493 g/mol. The van der Waals surface area contributed by atoms with Crippen molar-refractivity contribution in [2.24, 2.45) is 12.2 Å². The molecule has 0 radical (unpaired) electrons. The summed E-state index contributed by atoms with van der Waals surface area (Å²) in [5.41, 5.74) is 7.24. The van der Waals surface area contributed by atoms with E-state index in [2.05, 4.69) is 10.6 Å². The van der Waals surface area contributed by atoms with Crippen LogP contribution in [-0.4, -0.2) is 22.8 Å². The molecule has 10 heteroatoms. The van der Waals surface area contributed by atoms with E-state index in [9.17, 15) is 14.0 Å². The molecule has 0 bridgehead atoms. The highest BCUT2D eigenvalue weighted by Gasteiger charge is 2.30. The van der Waals surface area contributed by atoms with Crippen LogP contribution in [0.4, 0.5) is 21.6 Å². The molecule has 0 atom stereocenters.